The molecule has 144 valence electrons. The maximum atomic E-state index is 11.3. The molecule has 0 aliphatic carbocycles. The van der Waals surface area contributed by atoms with E-state index in [1.165, 1.54) is 82.8 Å². The Kier molecular flexibility index (Phi) is 19.6. The predicted molar refractivity (Wildman–Crippen MR) is 113 cm³/mol. The van der Waals surface area contributed by atoms with E-state index < -0.39 is 5.97 Å². The number of carbonyl (C=O) groups is 1. The molecule has 0 aliphatic heterocycles. The molecule has 0 heterocycles. The molecule has 0 fully saturated rings. The van der Waals surface area contributed by atoms with Gasteiger partial charge in [0.25, 0.3) is 0 Å². The highest BCUT2D eigenvalue weighted by molar-refractivity contribution is 8.01. The molecular formula is C20H40O2S2. The average molecular weight is 377 g/mol. The van der Waals surface area contributed by atoms with Gasteiger partial charge in [-0.2, -0.15) is 11.8 Å². The van der Waals surface area contributed by atoms with Gasteiger partial charge in [0.15, 0.2) is 0 Å². The number of carboxylic acid groups (broad SMARTS) is 1. The Morgan fingerprint density at radius 2 is 1.25 bits per heavy atom. The zero-order chi connectivity index (χ0) is 17.9. The number of carboxylic acids is 1. The topological polar surface area (TPSA) is 37.3 Å². The summed E-state index contributed by atoms with van der Waals surface area (Å²) in [4.78, 5) is 11.3. The minimum absolute atomic E-state index is 0.197. The Hall–Kier alpha value is 0.170. The average Bonchev–Trinajstić information content (AvgIpc) is 2.57. The van der Waals surface area contributed by atoms with Crippen molar-refractivity contribution in [2.75, 3.05) is 17.3 Å². The third-order valence-corrected chi connectivity index (χ3v) is 6.72. The van der Waals surface area contributed by atoms with E-state index in [0.717, 1.165) is 17.9 Å². The third kappa shape index (κ3) is 17.0. The van der Waals surface area contributed by atoms with Crippen molar-refractivity contribution in [3.8, 4) is 0 Å². The van der Waals surface area contributed by atoms with E-state index in [0.29, 0.717) is 0 Å². The van der Waals surface area contributed by atoms with E-state index in [9.17, 15) is 9.90 Å². The highest BCUT2D eigenvalue weighted by atomic mass is 32.2. The van der Waals surface area contributed by atoms with Crippen LogP contribution in [0.4, 0.5) is 0 Å². The molecule has 0 aliphatic rings. The standard InChI is InChI=1S/C20H40O2S2/c1-3-5-7-9-11-13-16-23-18-15-19(20(21)22)24-17-14-12-10-8-6-4-2/h19H,3-18H2,1-2H3,(H,21,22). The van der Waals surface area contributed by atoms with Crippen LogP contribution in [0.15, 0.2) is 0 Å². The fourth-order valence-electron chi connectivity index (χ4n) is 2.66. The van der Waals surface area contributed by atoms with Gasteiger partial charge in [0, 0.05) is 0 Å². The lowest BCUT2D eigenvalue weighted by molar-refractivity contribution is -0.136. The van der Waals surface area contributed by atoms with Gasteiger partial charge in [-0.1, -0.05) is 78.1 Å². The highest BCUT2D eigenvalue weighted by Crippen LogP contribution is 2.21. The molecule has 0 saturated heterocycles. The number of unbranched alkanes of at least 4 members (excludes halogenated alkanes) is 10. The minimum Gasteiger partial charge on any atom is -0.480 e. The van der Waals surface area contributed by atoms with Crippen LogP contribution in [0.3, 0.4) is 0 Å². The maximum Gasteiger partial charge on any atom is 0.316 e. The Bertz CT molecular complexity index is 272. The summed E-state index contributed by atoms with van der Waals surface area (Å²) < 4.78 is 0. The monoisotopic (exact) mass is 376 g/mol. The van der Waals surface area contributed by atoms with E-state index >= 15 is 0 Å². The summed E-state index contributed by atoms with van der Waals surface area (Å²) >= 11 is 3.60. The van der Waals surface area contributed by atoms with Gasteiger partial charge >= 0.3 is 5.97 Å². The molecule has 1 atom stereocenters. The summed E-state index contributed by atoms with van der Waals surface area (Å²) in [5, 5.41) is 9.14. The first-order valence-corrected chi connectivity index (χ1v) is 12.3. The first-order valence-electron chi connectivity index (χ1n) is 10.1. The lowest BCUT2D eigenvalue weighted by Crippen LogP contribution is -2.17. The zero-order valence-corrected chi connectivity index (χ0v) is 17.7. The van der Waals surface area contributed by atoms with Crippen molar-refractivity contribution in [2.24, 2.45) is 0 Å². The quantitative estimate of drug-likeness (QED) is 0.246. The fraction of sp³-hybridized carbons (Fsp3) is 0.950. The second-order valence-corrected chi connectivity index (χ2v) is 9.17. The van der Waals surface area contributed by atoms with Crippen LogP contribution < -0.4 is 0 Å². The Morgan fingerprint density at radius 1 is 0.750 bits per heavy atom. The normalized spacial score (nSPS) is 12.4. The second-order valence-electron chi connectivity index (χ2n) is 6.63. The third-order valence-electron chi connectivity index (χ3n) is 4.26. The van der Waals surface area contributed by atoms with Crippen LogP contribution in [0.2, 0.25) is 0 Å². The lowest BCUT2D eigenvalue weighted by Gasteiger charge is -2.11. The molecule has 1 N–H and O–H groups in total. The SMILES string of the molecule is CCCCCCCCSCCC(SCCCCCCCC)C(=O)O. The molecule has 0 spiro atoms. The van der Waals surface area contributed by atoms with Crippen molar-refractivity contribution in [1.29, 1.82) is 0 Å². The summed E-state index contributed by atoms with van der Waals surface area (Å²) in [7, 11) is 0. The molecular weight excluding hydrogens is 336 g/mol. The van der Waals surface area contributed by atoms with Crippen molar-refractivity contribution in [2.45, 2.75) is 103 Å². The number of aliphatic carboxylic acids is 1. The molecule has 0 aromatic heterocycles. The van der Waals surface area contributed by atoms with Gasteiger partial charge in [-0.3, -0.25) is 4.79 Å². The Morgan fingerprint density at radius 3 is 1.79 bits per heavy atom. The first-order chi connectivity index (χ1) is 11.7. The highest BCUT2D eigenvalue weighted by Gasteiger charge is 2.16. The molecule has 1 unspecified atom stereocenters. The van der Waals surface area contributed by atoms with Crippen molar-refractivity contribution in [3.05, 3.63) is 0 Å². The smallest absolute Gasteiger partial charge is 0.316 e. The summed E-state index contributed by atoms with van der Waals surface area (Å²) in [6.07, 6.45) is 16.5. The van der Waals surface area contributed by atoms with Crippen LogP contribution in [0.1, 0.15) is 97.3 Å². The summed E-state index contributed by atoms with van der Waals surface area (Å²) in [5.74, 6) is 2.58. The maximum absolute atomic E-state index is 11.3. The van der Waals surface area contributed by atoms with E-state index in [1.807, 2.05) is 11.8 Å². The van der Waals surface area contributed by atoms with Crippen LogP contribution >= 0.6 is 23.5 Å². The molecule has 0 saturated carbocycles. The summed E-state index contributed by atoms with van der Waals surface area (Å²) in [5.41, 5.74) is 0. The van der Waals surface area contributed by atoms with E-state index in [1.54, 1.807) is 11.8 Å². The van der Waals surface area contributed by atoms with Crippen LogP contribution in [0.25, 0.3) is 0 Å². The van der Waals surface area contributed by atoms with Crippen LogP contribution in [-0.2, 0) is 4.79 Å². The zero-order valence-electron chi connectivity index (χ0n) is 16.1. The van der Waals surface area contributed by atoms with Crippen molar-refractivity contribution >= 4 is 29.5 Å². The van der Waals surface area contributed by atoms with Crippen LogP contribution in [0.5, 0.6) is 0 Å². The molecule has 0 rings (SSSR count). The Labute approximate surface area is 159 Å². The largest absolute Gasteiger partial charge is 0.480 e. The van der Waals surface area contributed by atoms with Gasteiger partial charge in [0.1, 0.15) is 5.25 Å². The van der Waals surface area contributed by atoms with E-state index in [4.69, 9.17) is 0 Å². The molecule has 0 amide bonds. The number of thioether (sulfide) groups is 2. The lowest BCUT2D eigenvalue weighted by atomic mass is 10.1. The number of hydrogen-bond donors (Lipinski definition) is 1. The van der Waals surface area contributed by atoms with E-state index in [-0.39, 0.29) is 5.25 Å². The van der Waals surface area contributed by atoms with Gasteiger partial charge in [0.05, 0.1) is 0 Å². The van der Waals surface area contributed by atoms with Gasteiger partial charge < -0.3 is 5.11 Å². The van der Waals surface area contributed by atoms with Crippen LogP contribution in [0, 0.1) is 0 Å². The summed E-state index contributed by atoms with van der Waals surface area (Å²) in [6.45, 7) is 4.48. The fourth-order valence-corrected chi connectivity index (χ4v) is 4.91. The molecule has 0 aromatic rings. The molecule has 0 bridgehead atoms. The number of rotatable bonds is 19. The first kappa shape index (κ1) is 24.2. The van der Waals surface area contributed by atoms with Crippen molar-refractivity contribution in [3.63, 3.8) is 0 Å². The summed E-state index contributed by atoms with van der Waals surface area (Å²) in [6, 6.07) is 0. The second kappa shape index (κ2) is 19.5. The Balaban J connectivity index is 3.48. The molecule has 24 heavy (non-hydrogen) atoms. The minimum atomic E-state index is -0.619. The van der Waals surface area contributed by atoms with Gasteiger partial charge in [-0.15, -0.1) is 11.8 Å². The van der Waals surface area contributed by atoms with Crippen molar-refractivity contribution in [1.82, 2.24) is 0 Å². The molecule has 0 radical (unpaired) electrons. The van der Waals surface area contributed by atoms with Gasteiger partial charge in [-0.25, -0.2) is 0 Å². The van der Waals surface area contributed by atoms with Crippen LogP contribution in [-0.4, -0.2) is 33.6 Å². The van der Waals surface area contributed by atoms with Crippen molar-refractivity contribution < 1.29 is 9.90 Å². The van der Waals surface area contributed by atoms with Gasteiger partial charge in [0.2, 0.25) is 0 Å². The molecule has 4 heteroatoms. The number of hydrogen-bond acceptors (Lipinski definition) is 3. The van der Waals surface area contributed by atoms with E-state index in [2.05, 4.69) is 13.8 Å². The predicted octanol–water partition coefficient (Wildman–Crippen LogP) is 7.02. The molecule has 2 nitrogen and oxygen atoms in total. The molecule has 0 aromatic carbocycles. The van der Waals surface area contributed by atoms with Gasteiger partial charge in [-0.05, 0) is 36.5 Å².